The summed E-state index contributed by atoms with van der Waals surface area (Å²) in [4.78, 5) is 4.08. The SMILES string of the molecule is Cc1c(N)cnc(Nc2cc(C(F)(F)F)ccc2Br)c1Br. The molecule has 1 heterocycles. The first-order chi connectivity index (χ1) is 9.70. The molecule has 1 aromatic heterocycles. The van der Waals surface area contributed by atoms with Gasteiger partial charge in [-0.1, -0.05) is 0 Å². The molecule has 2 aromatic rings. The van der Waals surface area contributed by atoms with E-state index in [2.05, 4.69) is 42.2 Å². The number of nitrogens with two attached hydrogens (primary N) is 1. The maximum Gasteiger partial charge on any atom is 0.416 e. The van der Waals surface area contributed by atoms with E-state index >= 15 is 0 Å². The van der Waals surface area contributed by atoms with Gasteiger partial charge in [0.05, 0.1) is 27.6 Å². The van der Waals surface area contributed by atoms with Crippen LogP contribution in [0.25, 0.3) is 0 Å². The first-order valence-electron chi connectivity index (χ1n) is 5.74. The Balaban J connectivity index is 2.42. The number of anilines is 3. The van der Waals surface area contributed by atoms with Crippen LogP contribution in [-0.4, -0.2) is 4.98 Å². The Morgan fingerprint density at radius 2 is 1.90 bits per heavy atom. The van der Waals surface area contributed by atoms with E-state index in [0.717, 1.165) is 17.7 Å². The lowest BCUT2D eigenvalue weighted by molar-refractivity contribution is -0.137. The zero-order valence-corrected chi connectivity index (χ0v) is 13.9. The van der Waals surface area contributed by atoms with Gasteiger partial charge in [0.1, 0.15) is 5.82 Å². The van der Waals surface area contributed by atoms with E-state index in [1.54, 1.807) is 6.92 Å². The highest BCUT2D eigenvalue weighted by Gasteiger charge is 2.31. The van der Waals surface area contributed by atoms with Gasteiger partial charge in [-0.2, -0.15) is 13.2 Å². The van der Waals surface area contributed by atoms with Crippen LogP contribution in [0.4, 0.5) is 30.4 Å². The molecule has 0 aliphatic rings. The fourth-order valence-corrected chi connectivity index (χ4v) is 2.38. The summed E-state index contributed by atoms with van der Waals surface area (Å²) < 4.78 is 39.4. The molecule has 8 heteroatoms. The second kappa shape index (κ2) is 5.84. The molecular weight excluding hydrogens is 415 g/mol. The molecule has 0 radical (unpaired) electrons. The molecule has 0 saturated carbocycles. The zero-order valence-electron chi connectivity index (χ0n) is 10.7. The van der Waals surface area contributed by atoms with Crippen LogP contribution in [0.3, 0.4) is 0 Å². The monoisotopic (exact) mass is 423 g/mol. The van der Waals surface area contributed by atoms with Crippen molar-refractivity contribution >= 4 is 49.1 Å². The lowest BCUT2D eigenvalue weighted by Crippen LogP contribution is -2.06. The van der Waals surface area contributed by atoms with Crippen molar-refractivity contribution in [2.45, 2.75) is 13.1 Å². The predicted molar refractivity (Wildman–Crippen MR) is 83.5 cm³/mol. The van der Waals surface area contributed by atoms with Gasteiger partial charge < -0.3 is 11.1 Å². The van der Waals surface area contributed by atoms with Crippen molar-refractivity contribution in [1.82, 2.24) is 4.98 Å². The minimum Gasteiger partial charge on any atom is -0.397 e. The van der Waals surface area contributed by atoms with Gasteiger partial charge in [0, 0.05) is 4.47 Å². The lowest BCUT2D eigenvalue weighted by Gasteiger charge is -2.14. The highest BCUT2D eigenvalue weighted by Crippen LogP contribution is 2.36. The Hall–Kier alpha value is -1.28. The van der Waals surface area contributed by atoms with E-state index in [0.29, 0.717) is 20.5 Å². The standard InChI is InChI=1S/C13H10Br2F3N3/c1-6-9(19)5-20-12(11(6)15)21-10-4-7(13(16,17)18)2-3-8(10)14/h2-5H,19H2,1H3,(H,20,21). The third-order valence-electron chi connectivity index (χ3n) is 2.85. The van der Waals surface area contributed by atoms with E-state index in [1.165, 1.54) is 12.3 Å². The largest absolute Gasteiger partial charge is 0.416 e. The topological polar surface area (TPSA) is 50.9 Å². The van der Waals surface area contributed by atoms with Crippen molar-refractivity contribution in [3.8, 4) is 0 Å². The van der Waals surface area contributed by atoms with Crippen molar-refractivity contribution < 1.29 is 13.2 Å². The number of halogens is 5. The Labute approximate surface area is 136 Å². The van der Waals surface area contributed by atoms with Gasteiger partial charge in [-0.15, -0.1) is 0 Å². The summed E-state index contributed by atoms with van der Waals surface area (Å²) in [5.74, 6) is 0.390. The van der Waals surface area contributed by atoms with Crippen LogP contribution < -0.4 is 11.1 Å². The quantitative estimate of drug-likeness (QED) is 0.691. The fourth-order valence-electron chi connectivity index (χ4n) is 1.60. The third-order valence-corrected chi connectivity index (χ3v) is 4.51. The average Bonchev–Trinajstić information content (AvgIpc) is 2.40. The highest BCUT2D eigenvalue weighted by molar-refractivity contribution is 9.11. The fraction of sp³-hybridized carbons (Fsp3) is 0.154. The van der Waals surface area contributed by atoms with Crippen LogP contribution in [0.1, 0.15) is 11.1 Å². The molecule has 0 aliphatic carbocycles. The number of aromatic nitrogens is 1. The molecule has 1 aromatic carbocycles. The molecule has 3 N–H and O–H groups in total. The van der Waals surface area contributed by atoms with Gasteiger partial charge in [-0.05, 0) is 62.5 Å². The Bertz CT molecular complexity index is 687. The Morgan fingerprint density at radius 1 is 1.24 bits per heavy atom. The Morgan fingerprint density at radius 3 is 2.52 bits per heavy atom. The molecule has 21 heavy (non-hydrogen) atoms. The molecule has 2 rings (SSSR count). The van der Waals surface area contributed by atoms with Crippen molar-refractivity contribution in [3.05, 3.63) is 44.5 Å². The maximum atomic E-state index is 12.8. The third kappa shape index (κ3) is 3.49. The summed E-state index contributed by atoms with van der Waals surface area (Å²) in [6, 6.07) is 3.36. The summed E-state index contributed by atoms with van der Waals surface area (Å²) in [5.41, 5.74) is 6.50. The number of nitrogens with one attached hydrogen (secondary N) is 1. The number of nitrogens with zero attached hydrogens (tertiary/aromatic N) is 1. The van der Waals surface area contributed by atoms with Crippen molar-refractivity contribution in [2.24, 2.45) is 0 Å². The Kier molecular flexibility index (Phi) is 4.48. The predicted octanol–water partition coefficient (Wildman–Crippen LogP) is 5.26. The van der Waals surface area contributed by atoms with Gasteiger partial charge in [-0.3, -0.25) is 0 Å². The van der Waals surface area contributed by atoms with Gasteiger partial charge in [-0.25, -0.2) is 4.98 Å². The molecule has 0 fully saturated rings. The molecular formula is C13H10Br2F3N3. The van der Waals surface area contributed by atoms with Crippen molar-refractivity contribution in [2.75, 3.05) is 11.1 Å². The van der Waals surface area contributed by atoms with E-state index in [1.807, 2.05) is 0 Å². The normalized spacial score (nSPS) is 11.5. The van der Waals surface area contributed by atoms with Gasteiger partial charge in [0.25, 0.3) is 0 Å². The van der Waals surface area contributed by atoms with E-state index in [9.17, 15) is 13.2 Å². The number of rotatable bonds is 2. The van der Waals surface area contributed by atoms with Crippen molar-refractivity contribution in [3.63, 3.8) is 0 Å². The van der Waals surface area contributed by atoms with Gasteiger partial charge in [0.2, 0.25) is 0 Å². The minimum atomic E-state index is -4.40. The number of hydrogen-bond donors (Lipinski definition) is 2. The molecule has 0 unspecified atom stereocenters. The summed E-state index contributed by atoms with van der Waals surface area (Å²) in [6.45, 7) is 1.79. The minimum absolute atomic E-state index is 0.266. The van der Waals surface area contributed by atoms with Crippen LogP contribution in [0.2, 0.25) is 0 Å². The number of pyridine rings is 1. The number of alkyl halides is 3. The molecule has 0 saturated heterocycles. The summed E-state index contributed by atoms with van der Waals surface area (Å²) in [6.07, 6.45) is -2.96. The van der Waals surface area contributed by atoms with Crippen molar-refractivity contribution in [1.29, 1.82) is 0 Å². The molecule has 0 amide bonds. The lowest BCUT2D eigenvalue weighted by atomic mass is 10.2. The first kappa shape index (κ1) is 16.1. The highest BCUT2D eigenvalue weighted by atomic mass is 79.9. The van der Waals surface area contributed by atoms with Crippen LogP contribution in [0.5, 0.6) is 0 Å². The molecule has 3 nitrogen and oxygen atoms in total. The smallest absolute Gasteiger partial charge is 0.397 e. The average molecular weight is 425 g/mol. The molecule has 112 valence electrons. The molecule has 0 spiro atoms. The van der Waals surface area contributed by atoms with Gasteiger partial charge in [0.15, 0.2) is 0 Å². The number of nitrogen functional groups attached to an aromatic ring is 1. The van der Waals surface area contributed by atoms with Crippen LogP contribution >= 0.6 is 31.9 Å². The number of benzene rings is 1. The molecule has 0 aliphatic heterocycles. The summed E-state index contributed by atoms with van der Waals surface area (Å²) in [7, 11) is 0. The van der Waals surface area contributed by atoms with Crippen LogP contribution in [0, 0.1) is 6.92 Å². The molecule has 0 bridgehead atoms. The van der Waals surface area contributed by atoms with Crippen LogP contribution in [0.15, 0.2) is 33.3 Å². The summed E-state index contributed by atoms with van der Waals surface area (Å²) >= 11 is 6.54. The molecule has 0 atom stereocenters. The van der Waals surface area contributed by atoms with E-state index < -0.39 is 11.7 Å². The zero-order chi connectivity index (χ0) is 15.8. The van der Waals surface area contributed by atoms with Crippen LogP contribution in [-0.2, 0) is 6.18 Å². The van der Waals surface area contributed by atoms with Gasteiger partial charge >= 0.3 is 6.18 Å². The summed E-state index contributed by atoms with van der Waals surface area (Å²) in [5, 5.41) is 2.86. The number of hydrogen-bond acceptors (Lipinski definition) is 3. The second-order valence-corrected chi connectivity index (χ2v) is 5.97. The second-order valence-electron chi connectivity index (χ2n) is 4.32. The van der Waals surface area contributed by atoms with E-state index in [4.69, 9.17) is 5.73 Å². The van der Waals surface area contributed by atoms with E-state index in [-0.39, 0.29) is 5.69 Å². The first-order valence-corrected chi connectivity index (χ1v) is 7.33. The maximum absolute atomic E-state index is 12.8.